The first-order valence-electron chi connectivity index (χ1n) is 7.30. The van der Waals surface area contributed by atoms with Crippen LogP contribution in [0.2, 0.25) is 0 Å². The number of aliphatic hydroxyl groups is 1. The van der Waals surface area contributed by atoms with Gasteiger partial charge in [-0.1, -0.05) is 30.3 Å². The van der Waals surface area contributed by atoms with Crippen molar-refractivity contribution in [3.8, 4) is 0 Å². The molecule has 0 aromatic heterocycles. The maximum atomic E-state index is 12.3. The van der Waals surface area contributed by atoms with Crippen molar-refractivity contribution in [1.82, 2.24) is 5.32 Å². The Morgan fingerprint density at radius 3 is 2.24 bits per heavy atom. The van der Waals surface area contributed by atoms with Crippen LogP contribution < -0.4 is 5.32 Å². The molecule has 0 aliphatic heterocycles. The first-order valence-corrected chi connectivity index (χ1v) is 7.30. The van der Waals surface area contributed by atoms with Crippen molar-refractivity contribution >= 4 is 17.6 Å². The van der Waals surface area contributed by atoms with Crippen LogP contribution in [0.5, 0.6) is 0 Å². The van der Waals surface area contributed by atoms with Gasteiger partial charge in [0.1, 0.15) is 6.10 Å². The van der Waals surface area contributed by atoms with Gasteiger partial charge >= 0.3 is 5.97 Å². The topological polar surface area (TPSA) is 119 Å². The van der Waals surface area contributed by atoms with Gasteiger partial charge in [0.2, 0.25) is 0 Å². The number of aliphatic hydroxyl groups excluding tert-OH is 1. The third-order valence-electron chi connectivity index (χ3n) is 3.54. The minimum Gasteiger partial charge on any atom is -0.467 e. The quantitative estimate of drug-likeness (QED) is 0.467. The molecule has 2 aromatic rings. The van der Waals surface area contributed by atoms with Crippen LogP contribution in [0.25, 0.3) is 0 Å². The van der Waals surface area contributed by atoms with Crippen LogP contribution in [0.1, 0.15) is 22.0 Å². The Morgan fingerprint density at radius 1 is 1.12 bits per heavy atom. The van der Waals surface area contributed by atoms with E-state index < -0.39 is 28.9 Å². The summed E-state index contributed by atoms with van der Waals surface area (Å²) in [5, 5.41) is 23.4. The highest BCUT2D eigenvalue weighted by Gasteiger charge is 2.31. The summed E-state index contributed by atoms with van der Waals surface area (Å²) in [5.74, 6) is -1.48. The Bertz CT molecular complexity index is 760. The number of amides is 1. The number of benzene rings is 2. The largest absolute Gasteiger partial charge is 0.467 e. The van der Waals surface area contributed by atoms with Gasteiger partial charge in [-0.15, -0.1) is 0 Å². The molecule has 2 atom stereocenters. The average Bonchev–Trinajstić information content (AvgIpc) is 2.65. The zero-order valence-corrected chi connectivity index (χ0v) is 13.3. The van der Waals surface area contributed by atoms with Crippen molar-refractivity contribution in [3.63, 3.8) is 0 Å². The van der Waals surface area contributed by atoms with E-state index in [1.807, 2.05) is 0 Å². The number of nitrogens with zero attached hydrogens (tertiary/aromatic N) is 1. The number of carbonyl (C=O) groups excluding carboxylic acids is 2. The highest BCUT2D eigenvalue weighted by molar-refractivity contribution is 5.97. The summed E-state index contributed by atoms with van der Waals surface area (Å²) in [4.78, 5) is 34.3. The zero-order valence-electron chi connectivity index (χ0n) is 13.3. The molecule has 0 saturated carbocycles. The predicted molar refractivity (Wildman–Crippen MR) is 87.8 cm³/mol. The number of nitro groups is 1. The standard InChI is InChI=1S/C17H16N2O6/c1-25-17(22)14(15(20)11-5-3-2-4-6-11)18-16(21)12-7-9-13(10-8-12)19(23)24/h2-10,14-15,20H,1H3,(H,18,21)/t14-,15?/m0/s1. The minimum absolute atomic E-state index is 0.111. The molecule has 130 valence electrons. The summed E-state index contributed by atoms with van der Waals surface area (Å²) < 4.78 is 4.64. The summed E-state index contributed by atoms with van der Waals surface area (Å²) in [7, 11) is 1.14. The number of esters is 1. The molecule has 8 nitrogen and oxygen atoms in total. The number of carbonyl (C=O) groups is 2. The summed E-state index contributed by atoms with van der Waals surface area (Å²) in [6, 6.07) is 11.9. The number of rotatable bonds is 6. The fraction of sp³-hybridized carbons (Fsp3) is 0.176. The Kier molecular flexibility index (Phi) is 5.80. The van der Waals surface area contributed by atoms with Crippen LogP contribution in [0.4, 0.5) is 5.69 Å². The van der Waals surface area contributed by atoms with E-state index >= 15 is 0 Å². The number of non-ortho nitro benzene ring substituents is 1. The van der Waals surface area contributed by atoms with Gasteiger partial charge in [0, 0.05) is 17.7 Å². The summed E-state index contributed by atoms with van der Waals surface area (Å²) in [5.41, 5.74) is 0.382. The van der Waals surface area contributed by atoms with E-state index in [1.54, 1.807) is 30.3 Å². The van der Waals surface area contributed by atoms with Crippen LogP contribution in [0.15, 0.2) is 54.6 Å². The number of ether oxygens (including phenoxy) is 1. The Hall–Kier alpha value is -3.26. The Balaban J connectivity index is 2.20. The van der Waals surface area contributed by atoms with Crippen molar-refractivity contribution in [2.75, 3.05) is 7.11 Å². The molecule has 0 fully saturated rings. The molecule has 2 rings (SSSR count). The SMILES string of the molecule is COC(=O)[C@@H](NC(=O)c1ccc([N+](=O)[O-])cc1)C(O)c1ccccc1. The van der Waals surface area contributed by atoms with E-state index in [1.165, 1.54) is 24.3 Å². The Morgan fingerprint density at radius 2 is 1.72 bits per heavy atom. The van der Waals surface area contributed by atoms with Gasteiger partial charge in [0.25, 0.3) is 11.6 Å². The molecular formula is C17H16N2O6. The van der Waals surface area contributed by atoms with Gasteiger partial charge in [-0.25, -0.2) is 4.79 Å². The van der Waals surface area contributed by atoms with E-state index in [-0.39, 0.29) is 11.3 Å². The van der Waals surface area contributed by atoms with Gasteiger partial charge in [0.15, 0.2) is 6.04 Å². The van der Waals surface area contributed by atoms with Gasteiger partial charge in [-0.05, 0) is 17.7 Å². The summed E-state index contributed by atoms with van der Waals surface area (Å²) >= 11 is 0. The average molecular weight is 344 g/mol. The van der Waals surface area contributed by atoms with E-state index in [9.17, 15) is 24.8 Å². The van der Waals surface area contributed by atoms with Gasteiger partial charge in [-0.2, -0.15) is 0 Å². The number of methoxy groups -OCH3 is 1. The molecule has 0 aliphatic rings. The lowest BCUT2D eigenvalue weighted by atomic mass is 10.0. The van der Waals surface area contributed by atoms with Crippen molar-refractivity contribution in [2.24, 2.45) is 0 Å². The number of hydrogen-bond donors (Lipinski definition) is 2. The van der Waals surface area contributed by atoms with Crippen molar-refractivity contribution in [2.45, 2.75) is 12.1 Å². The first-order chi connectivity index (χ1) is 11.9. The fourth-order valence-electron chi connectivity index (χ4n) is 2.20. The second-order valence-corrected chi connectivity index (χ2v) is 5.13. The molecule has 1 amide bonds. The molecule has 0 aliphatic carbocycles. The van der Waals surface area contributed by atoms with E-state index in [4.69, 9.17) is 0 Å². The number of nitro benzene ring substituents is 1. The zero-order chi connectivity index (χ0) is 18.4. The molecule has 0 heterocycles. The van der Waals surface area contributed by atoms with Crippen LogP contribution in [0.3, 0.4) is 0 Å². The maximum absolute atomic E-state index is 12.3. The second kappa shape index (κ2) is 8.02. The third-order valence-corrected chi connectivity index (χ3v) is 3.54. The van der Waals surface area contributed by atoms with Crippen molar-refractivity contribution in [3.05, 3.63) is 75.8 Å². The predicted octanol–water partition coefficient (Wildman–Crippen LogP) is 1.60. The minimum atomic E-state index is -1.32. The maximum Gasteiger partial charge on any atom is 0.331 e. The molecular weight excluding hydrogens is 328 g/mol. The molecule has 8 heteroatoms. The van der Waals surface area contributed by atoms with Gasteiger partial charge in [0.05, 0.1) is 12.0 Å². The molecule has 2 N–H and O–H groups in total. The Labute approximate surface area is 143 Å². The highest BCUT2D eigenvalue weighted by atomic mass is 16.6. The molecule has 0 radical (unpaired) electrons. The van der Waals surface area contributed by atoms with E-state index in [2.05, 4.69) is 10.1 Å². The van der Waals surface area contributed by atoms with Gasteiger partial charge in [-0.3, -0.25) is 14.9 Å². The second-order valence-electron chi connectivity index (χ2n) is 5.13. The van der Waals surface area contributed by atoms with Crippen LogP contribution in [-0.4, -0.2) is 35.1 Å². The third kappa shape index (κ3) is 4.39. The number of nitrogens with one attached hydrogen (secondary N) is 1. The van der Waals surface area contributed by atoms with Gasteiger partial charge < -0.3 is 15.2 Å². The molecule has 25 heavy (non-hydrogen) atoms. The summed E-state index contributed by atoms with van der Waals surface area (Å²) in [6.45, 7) is 0. The normalized spacial score (nSPS) is 12.7. The highest BCUT2D eigenvalue weighted by Crippen LogP contribution is 2.18. The number of hydrogen-bond acceptors (Lipinski definition) is 6. The fourth-order valence-corrected chi connectivity index (χ4v) is 2.20. The van der Waals surface area contributed by atoms with E-state index in [0.29, 0.717) is 5.56 Å². The lowest BCUT2D eigenvalue weighted by Crippen LogP contribution is -2.45. The van der Waals surface area contributed by atoms with Crippen molar-refractivity contribution in [1.29, 1.82) is 0 Å². The van der Waals surface area contributed by atoms with Crippen LogP contribution in [-0.2, 0) is 9.53 Å². The molecule has 1 unspecified atom stereocenters. The molecule has 0 saturated heterocycles. The molecule has 0 bridgehead atoms. The molecule has 2 aromatic carbocycles. The van der Waals surface area contributed by atoms with Crippen LogP contribution in [0, 0.1) is 10.1 Å². The monoisotopic (exact) mass is 344 g/mol. The van der Waals surface area contributed by atoms with Crippen LogP contribution >= 0.6 is 0 Å². The lowest BCUT2D eigenvalue weighted by Gasteiger charge is -2.22. The van der Waals surface area contributed by atoms with Crippen molar-refractivity contribution < 1.29 is 24.4 Å². The molecule has 0 spiro atoms. The summed E-state index contributed by atoms with van der Waals surface area (Å²) in [6.07, 6.45) is -1.31. The first kappa shape index (κ1) is 18.1. The smallest absolute Gasteiger partial charge is 0.331 e. The lowest BCUT2D eigenvalue weighted by molar-refractivity contribution is -0.384. The van der Waals surface area contributed by atoms with E-state index in [0.717, 1.165) is 7.11 Å².